The lowest BCUT2D eigenvalue weighted by Crippen LogP contribution is -2.49. The number of amides is 1. The van der Waals surface area contributed by atoms with Gasteiger partial charge in [-0.25, -0.2) is 0 Å². The molecule has 0 aliphatic carbocycles. The molecular formula is C15H21N3O2S. The molecule has 1 amide bonds. The lowest BCUT2D eigenvalue weighted by atomic mass is 10.3. The average molecular weight is 307 g/mol. The van der Waals surface area contributed by atoms with E-state index in [0.29, 0.717) is 11.6 Å². The van der Waals surface area contributed by atoms with Gasteiger partial charge in [-0.05, 0) is 38.2 Å². The van der Waals surface area contributed by atoms with E-state index >= 15 is 0 Å². The Morgan fingerprint density at radius 1 is 1.24 bits per heavy atom. The number of carbonyl (C=O) groups excluding carboxylic acids is 1. The van der Waals surface area contributed by atoms with Gasteiger partial charge in [0.2, 0.25) is 0 Å². The minimum absolute atomic E-state index is 0.223. The van der Waals surface area contributed by atoms with Crippen molar-refractivity contribution in [2.45, 2.75) is 6.92 Å². The monoisotopic (exact) mass is 307 g/mol. The molecule has 0 aromatic heterocycles. The molecule has 1 heterocycles. The van der Waals surface area contributed by atoms with Crippen molar-refractivity contribution in [3.8, 4) is 5.75 Å². The quantitative estimate of drug-likeness (QED) is 0.859. The third-order valence-electron chi connectivity index (χ3n) is 3.41. The van der Waals surface area contributed by atoms with Crippen LogP contribution in [0.1, 0.15) is 6.92 Å². The number of carbonyl (C=O) groups is 1. The molecule has 114 valence electrons. The molecule has 0 saturated carbocycles. The Hall–Kier alpha value is -1.66. The second-order valence-corrected chi connectivity index (χ2v) is 5.39. The second-order valence-electron chi connectivity index (χ2n) is 5.01. The van der Waals surface area contributed by atoms with Crippen LogP contribution in [0.5, 0.6) is 5.75 Å². The standard InChI is InChI=1S/C15H21N3O2S/c1-3-20-13-6-4-12(5-7-13)16-14(19)15(21)18-10-8-17(2)9-11-18/h4-7H,3,8-11H2,1-2H3,(H,16,19). The zero-order valence-corrected chi connectivity index (χ0v) is 13.3. The molecule has 2 rings (SSSR count). The molecule has 6 heteroatoms. The number of hydrogen-bond donors (Lipinski definition) is 1. The van der Waals surface area contributed by atoms with Gasteiger partial charge in [-0.15, -0.1) is 0 Å². The number of likely N-dealkylation sites (N-methyl/N-ethyl adjacent to an activating group) is 1. The number of piperazine rings is 1. The summed E-state index contributed by atoms with van der Waals surface area (Å²) in [4.78, 5) is 16.7. The van der Waals surface area contributed by atoms with Gasteiger partial charge in [-0.1, -0.05) is 12.2 Å². The first kappa shape index (κ1) is 15.7. The highest BCUT2D eigenvalue weighted by Gasteiger charge is 2.21. The van der Waals surface area contributed by atoms with E-state index in [1.807, 2.05) is 36.1 Å². The Balaban J connectivity index is 1.89. The van der Waals surface area contributed by atoms with Crippen molar-refractivity contribution in [2.75, 3.05) is 45.2 Å². The minimum Gasteiger partial charge on any atom is -0.494 e. The van der Waals surface area contributed by atoms with Crippen molar-refractivity contribution in [2.24, 2.45) is 0 Å². The Morgan fingerprint density at radius 2 is 1.86 bits per heavy atom. The number of thiocarbonyl (C=S) groups is 1. The van der Waals surface area contributed by atoms with Gasteiger partial charge in [0.25, 0.3) is 5.91 Å². The number of anilines is 1. The molecule has 0 atom stereocenters. The summed E-state index contributed by atoms with van der Waals surface area (Å²) in [5, 5.41) is 2.83. The summed E-state index contributed by atoms with van der Waals surface area (Å²) in [7, 11) is 2.07. The summed E-state index contributed by atoms with van der Waals surface area (Å²) in [5.41, 5.74) is 0.722. The van der Waals surface area contributed by atoms with Gasteiger partial charge in [0.1, 0.15) is 5.75 Å². The predicted molar refractivity (Wildman–Crippen MR) is 87.9 cm³/mol. The minimum atomic E-state index is -0.223. The largest absolute Gasteiger partial charge is 0.494 e. The Morgan fingerprint density at radius 3 is 2.43 bits per heavy atom. The van der Waals surface area contributed by atoms with Crippen molar-refractivity contribution < 1.29 is 9.53 Å². The molecule has 1 aliphatic rings. The molecule has 1 N–H and O–H groups in total. The van der Waals surface area contributed by atoms with Crippen LogP contribution in [0.4, 0.5) is 5.69 Å². The molecule has 1 aliphatic heterocycles. The van der Waals surface area contributed by atoms with Crippen molar-refractivity contribution in [3.05, 3.63) is 24.3 Å². The van der Waals surface area contributed by atoms with Crippen LogP contribution in [0.15, 0.2) is 24.3 Å². The van der Waals surface area contributed by atoms with Crippen LogP contribution in [-0.2, 0) is 4.79 Å². The van der Waals surface area contributed by atoms with E-state index in [1.54, 1.807) is 0 Å². The molecule has 1 aromatic rings. The average Bonchev–Trinajstić information content (AvgIpc) is 2.49. The van der Waals surface area contributed by atoms with Crippen molar-refractivity contribution in [1.29, 1.82) is 0 Å². The number of nitrogens with zero attached hydrogens (tertiary/aromatic N) is 2. The lowest BCUT2D eigenvalue weighted by Gasteiger charge is -2.33. The maximum atomic E-state index is 12.2. The van der Waals surface area contributed by atoms with E-state index in [9.17, 15) is 4.79 Å². The van der Waals surface area contributed by atoms with Gasteiger partial charge >= 0.3 is 0 Å². The van der Waals surface area contributed by atoms with Crippen molar-refractivity contribution >= 4 is 28.8 Å². The van der Waals surface area contributed by atoms with Gasteiger partial charge < -0.3 is 19.9 Å². The smallest absolute Gasteiger partial charge is 0.283 e. The molecule has 0 bridgehead atoms. The Kier molecular flexibility index (Phi) is 5.52. The number of benzene rings is 1. The third kappa shape index (κ3) is 4.41. The van der Waals surface area contributed by atoms with Gasteiger partial charge in [0.15, 0.2) is 4.99 Å². The zero-order valence-electron chi connectivity index (χ0n) is 12.5. The number of ether oxygens (including phenoxy) is 1. The highest BCUT2D eigenvalue weighted by Crippen LogP contribution is 2.16. The van der Waals surface area contributed by atoms with E-state index in [1.165, 1.54) is 0 Å². The van der Waals surface area contributed by atoms with Crippen molar-refractivity contribution in [1.82, 2.24) is 9.80 Å². The zero-order chi connectivity index (χ0) is 15.2. The molecule has 0 spiro atoms. The maximum absolute atomic E-state index is 12.2. The normalized spacial score (nSPS) is 15.6. The van der Waals surface area contributed by atoms with E-state index in [0.717, 1.165) is 37.6 Å². The predicted octanol–water partition coefficient (Wildman–Crippen LogP) is 1.60. The molecule has 1 saturated heterocycles. The molecule has 21 heavy (non-hydrogen) atoms. The molecule has 1 aromatic carbocycles. The van der Waals surface area contributed by atoms with E-state index < -0.39 is 0 Å². The SMILES string of the molecule is CCOc1ccc(NC(=O)C(=S)N2CCN(C)CC2)cc1. The van der Waals surface area contributed by atoms with Crippen LogP contribution in [0, 0.1) is 0 Å². The van der Waals surface area contributed by atoms with Crippen LogP contribution in [-0.4, -0.2) is 60.5 Å². The summed E-state index contributed by atoms with van der Waals surface area (Å²) in [5.74, 6) is 0.566. The highest BCUT2D eigenvalue weighted by atomic mass is 32.1. The summed E-state index contributed by atoms with van der Waals surface area (Å²) in [6.45, 7) is 6.01. The third-order valence-corrected chi connectivity index (χ3v) is 3.85. The van der Waals surface area contributed by atoms with Crippen LogP contribution < -0.4 is 10.1 Å². The van der Waals surface area contributed by atoms with E-state index in [2.05, 4.69) is 17.3 Å². The molecule has 5 nitrogen and oxygen atoms in total. The van der Waals surface area contributed by atoms with Crippen LogP contribution in [0.25, 0.3) is 0 Å². The first-order valence-electron chi connectivity index (χ1n) is 7.12. The van der Waals surface area contributed by atoms with E-state index in [4.69, 9.17) is 17.0 Å². The number of nitrogens with one attached hydrogen (secondary N) is 1. The van der Waals surface area contributed by atoms with Crippen LogP contribution in [0.3, 0.4) is 0 Å². The first-order chi connectivity index (χ1) is 10.1. The number of hydrogen-bond acceptors (Lipinski definition) is 4. The van der Waals surface area contributed by atoms with Crippen LogP contribution >= 0.6 is 12.2 Å². The highest BCUT2D eigenvalue weighted by molar-refractivity contribution is 7.82. The van der Waals surface area contributed by atoms with Crippen LogP contribution in [0.2, 0.25) is 0 Å². The first-order valence-corrected chi connectivity index (χ1v) is 7.52. The Bertz CT molecular complexity index is 496. The summed E-state index contributed by atoms with van der Waals surface area (Å²) >= 11 is 5.27. The second kappa shape index (κ2) is 7.38. The van der Waals surface area contributed by atoms with Crippen molar-refractivity contribution in [3.63, 3.8) is 0 Å². The molecular weight excluding hydrogens is 286 g/mol. The fraction of sp³-hybridized carbons (Fsp3) is 0.467. The lowest BCUT2D eigenvalue weighted by molar-refractivity contribution is -0.110. The van der Waals surface area contributed by atoms with Gasteiger partial charge in [-0.3, -0.25) is 4.79 Å². The summed E-state index contributed by atoms with van der Waals surface area (Å²) in [6, 6.07) is 7.29. The Labute approximate surface area is 130 Å². The molecule has 0 unspecified atom stereocenters. The molecule has 0 radical (unpaired) electrons. The van der Waals surface area contributed by atoms with Gasteiger partial charge in [0.05, 0.1) is 6.61 Å². The fourth-order valence-electron chi connectivity index (χ4n) is 2.14. The summed E-state index contributed by atoms with van der Waals surface area (Å²) < 4.78 is 5.37. The van der Waals surface area contributed by atoms with Gasteiger partial charge in [-0.2, -0.15) is 0 Å². The number of rotatable bonds is 3. The van der Waals surface area contributed by atoms with Gasteiger partial charge in [0, 0.05) is 31.9 Å². The topological polar surface area (TPSA) is 44.8 Å². The molecule has 1 fully saturated rings. The van der Waals surface area contributed by atoms with E-state index in [-0.39, 0.29) is 5.91 Å². The fourth-order valence-corrected chi connectivity index (χ4v) is 2.37. The maximum Gasteiger partial charge on any atom is 0.283 e. The summed E-state index contributed by atoms with van der Waals surface area (Å²) in [6.07, 6.45) is 0.